The number of thiophene rings is 1. The van der Waals surface area contributed by atoms with E-state index >= 15 is 0 Å². The highest BCUT2D eigenvalue weighted by atomic mass is 32.2. The number of rotatable bonds is 6. The number of aromatic carboxylic acids is 1. The van der Waals surface area contributed by atoms with Gasteiger partial charge in [-0.25, -0.2) is 17.9 Å². The summed E-state index contributed by atoms with van der Waals surface area (Å²) in [6.45, 7) is 4.11. The van der Waals surface area contributed by atoms with E-state index in [1.165, 1.54) is 6.07 Å². The van der Waals surface area contributed by atoms with Gasteiger partial charge >= 0.3 is 5.97 Å². The minimum atomic E-state index is -3.61. The van der Waals surface area contributed by atoms with Crippen LogP contribution >= 0.6 is 11.3 Å². The van der Waals surface area contributed by atoms with Crippen molar-refractivity contribution in [3.05, 3.63) is 15.8 Å². The molecule has 5 nitrogen and oxygen atoms in total. The van der Waals surface area contributed by atoms with Crippen molar-refractivity contribution < 1.29 is 18.3 Å². The lowest BCUT2D eigenvalue weighted by atomic mass is 10.1. The molecule has 1 fully saturated rings. The van der Waals surface area contributed by atoms with Gasteiger partial charge < -0.3 is 5.11 Å². The van der Waals surface area contributed by atoms with E-state index in [1.54, 1.807) is 6.92 Å². The molecule has 0 bridgehead atoms. The summed E-state index contributed by atoms with van der Waals surface area (Å²) in [6, 6.07) is 1.23. The molecule has 0 saturated heterocycles. The molecular weight excluding hydrogens is 286 g/mol. The SMILES string of the molecule is CCC1(CNS(=O)(=O)c2cc(C(=O)O)sc2C)CC1. The average Bonchev–Trinajstić information content (AvgIpc) is 3.02. The lowest BCUT2D eigenvalue weighted by molar-refractivity contribution is 0.0702. The Morgan fingerprint density at radius 1 is 1.53 bits per heavy atom. The quantitative estimate of drug-likeness (QED) is 0.844. The number of aryl methyl sites for hydroxylation is 1. The summed E-state index contributed by atoms with van der Waals surface area (Å²) < 4.78 is 27.0. The van der Waals surface area contributed by atoms with E-state index in [-0.39, 0.29) is 15.2 Å². The van der Waals surface area contributed by atoms with Gasteiger partial charge in [0.15, 0.2) is 0 Å². The number of sulfonamides is 1. The Hall–Kier alpha value is -0.920. The fraction of sp³-hybridized carbons (Fsp3) is 0.583. The van der Waals surface area contributed by atoms with Crippen LogP contribution in [0.15, 0.2) is 11.0 Å². The van der Waals surface area contributed by atoms with Gasteiger partial charge in [0, 0.05) is 11.4 Å². The lowest BCUT2D eigenvalue weighted by Gasteiger charge is -2.13. The van der Waals surface area contributed by atoms with E-state index in [1.807, 2.05) is 0 Å². The maximum atomic E-state index is 12.2. The van der Waals surface area contributed by atoms with E-state index in [4.69, 9.17) is 5.11 Å². The Morgan fingerprint density at radius 3 is 2.58 bits per heavy atom. The van der Waals surface area contributed by atoms with Crippen LogP contribution in [-0.2, 0) is 10.0 Å². The van der Waals surface area contributed by atoms with Crippen molar-refractivity contribution in [1.82, 2.24) is 4.72 Å². The van der Waals surface area contributed by atoms with Crippen LogP contribution in [0.25, 0.3) is 0 Å². The molecule has 1 aliphatic rings. The topological polar surface area (TPSA) is 83.5 Å². The summed E-state index contributed by atoms with van der Waals surface area (Å²) in [5.74, 6) is -1.10. The van der Waals surface area contributed by atoms with Crippen molar-refractivity contribution in [2.75, 3.05) is 6.54 Å². The Kier molecular flexibility index (Phi) is 3.72. The van der Waals surface area contributed by atoms with E-state index in [0.29, 0.717) is 11.4 Å². The van der Waals surface area contributed by atoms with E-state index < -0.39 is 16.0 Å². The minimum absolute atomic E-state index is 0.0505. The van der Waals surface area contributed by atoms with Crippen molar-refractivity contribution >= 4 is 27.3 Å². The smallest absolute Gasteiger partial charge is 0.345 e. The molecule has 1 aromatic heterocycles. The van der Waals surface area contributed by atoms with Crippen LogP contribution < -0.4 is 4.72 Å². The standard InChI is InChI=1S/C12H17NO4S2/c1-3-12(4-5-12)7-13-19(16,17)10-6-9(11(14)15)18-8(10)2/h6,13H,3-5,7H2,1-2H3,(H,14,15). The van der Waals surface area contributed by atoms with Gasteiger partial charge in [-0.3, -0.25) is 0 Å². The summed E-state index contributed by atoms with van der Waals surface area (Å²) in [6.07, 6.45) is 3.06. The first-order valence-electron chi connectivity index (χ1n) is 6.13. The molecule has 0 aliphatic heterocycles. The molecule has 2 N–H and O–H groups in total. The van der Waals surface area contributed by atoms with Crippen LogP contribution in [0.3, 0.4) is 0 Å². The second-order valence-corrected chi connectivity index (χ2v) is 8.01. The van der Waals surface area contributed by atoms with Gasteiger partial charge in [0.05, 0.1) is 4.90 Å². The number of carboxylic acid groups (broad SMARTS) is 1. The molecule has 0 radical (unpaired) electrons. The average molecular weight is 303 g/mol. The van der Waals surface area contributed by atoms with Crippen LogP contribution in [0.5, 0.6) is 0 Å². The predicted molar refractivity (Wildman–Crippen MR) is 73.2 cm³/mol. The molecule has 2 rings (SSSR count). The molecule has 1 heterocycles. The summed E-state index contributed by atoms with van der Waals surface area (Å²) in [4.78, 5) is 11.5. The molecule has 0 spiro atoms. The number of carbonyl (C=O) groups is 1. The van der Waals surface area contributed by atoms with Crippen molar-refractivity contribution in [3.63, 3.8) is 0 Å². The zero-order valence-corrected chi connectivity index (χ0v) is 12.5. The van der Waals surface area contributed by atoms with Gasteiger partial charge in [-0.05, 0) is 37.7 Å². The maximum Gasteiger partial charge on any atom is 0.345 e. The van der Waals surface area contributed by atoms with Crippen molar-refractivity contribution in [3.8, 4) is 0 Å². The zero-order chi connectivity index (χ0) is 14.3. The summed E-state index contributed by atoms with van der Waals surface area (Å²) in [5.41, 5.74) is 0.118. The van der Waals surface area contributed by atoms with Crippen molar-refractivity contribution in [2.45, 2.75) is 38.0 Å². The Bertz CT molecular complexity index is 599. The van der Waals surface area contributed by atoms with Gasteiger partial charge in [0.25, 0.3) is 0 Å². The Labute approximate surface area is 116 Å². The number of carboxylic acids is 1. The van der Waals surface area contributed by atoms with E-state index in [2.05, 4.69) is 11.6 Å². The third kappa shape index (κ3) is 2.98. The van der Waals surface area contributed by atoms with Crippen LogP contribution in [0.1, 0.15) is 40.7 Å². The Morgan fingerprint density at radius 2 is 2.16 bits per heavy atom. The molecule has 1 aliphatic carbocycles. The second kappa shape index (κ2) is 4.88. The number of hydrogen-bond donors (Lipinski definition) is 2. The van der Waals surface area contributed by atoms with Gasteiger partial charge in [0.2, 0.25) is 10.0 Å². The zero-order valence-electron chi connectivity index (χ0n) is 10.9. The van der Waals surface area contributed by atoms with Crippen LogP contribution in [0.4, 0.5) is 0 Å². The predicted octanol–water partition coefficient (Wildman–Crippen LogP) is 2.22. The lowest BCUT2D eigenvalue weighted by Crippen LogP contribution is -2.30. The highest BCUT2D eigenvalue weighted by molar-refractivity contribution is 7.89. The van der Waals surface area contributed by atoms with Gasteiger partial charge in [0.1, 0.15) is 4.88 Å². The summed E-state index contributed by atoms with van der Waals surface area (Å²) in [7, 11) is -3.61. The first-order valence-corrected chi connectivity index (χ1v) is 8.43. The third-order valence-corrected chi connectivity index (χ3v) is 6.41. The molecule has 0 unspecified atom stereocenters. The maximum absolute atomic E-state index is 12.2. The molecule has 1 saturated carbocycles. The number of nitrogens with one attached hydrogen (secondary N) is 1. The molecule has 0 aromatic carbocycles. The van der Waals surface area contributed by atoms with Gasteiger partial charge in [-0.15, -0.1) is 11.3 Å². The highest BCUT2D eigenvalue weighted by Crippen LogP contribution is 2.48. The molecule has 19 heavy (non-hydrogen) atoms. The monoisotopic (exact) mass is 303 g/mol. The fourth-order valence-corrected chi connectivity index (χ4v) is 4.58. The summed E-state index contributed by atoms with van der Waals surface area (Å²) in [5, 5.41) is 8.89. The Balaban J connectivity index is 2.17. The largest absolute Gasteiger partial charge is 0.477 e. The van der Waals surface area contributed by atoms with Crippen LogP contribution in [0.2, 0.25) is 0 Å². The first kappa shape index (κ1) is 14.5. The van der Waals surface area contributed by atoms with Gasteiger partial charge in [-0.1, -0.05) is 6.92 Å². The second-order valence-electron chi connectivity index (χ2n) is 5.01. The normalized spacial score (nSPS) is 17.4. The highest BCUT2D eigenvalue weighted by Gasteiger charge is 2.41. The van der Waals surface area contributed by atoms with E-state index in [0.717, 1.165) is 30.6 Å². The number of hydrogen-bond acceptors (Lipinski definition) is 4. The molecule has 106 valence electrons. The van der Waals surface area contributed by atoms with E-state index in [9.17, 15) is 13.2 Å². The van der Waals surface area contributed by atoms with Crippen LogP contribution in [-0.4, -0.2) is 26.0 Å². The summed E-state index contributed by atoms with van der Waals surface area (Å²) >= 11 is 0.985. The van der Waals surface area contributed by atoms with Gasteiger partial charge in [-0.2, -0.15) is 0 Å². The van der Waals surface area contributed by atoms with Crippen molar-refractivity contribution in [1.29, 1.82) is 0 Å². The third-order valence-electron chi connectivity index (χ3n) is 3.72. The molecule has 1 aromatic rings. The molecular formula is C12H17NO4S2. The minimum Gasteiger partial charge on any atom is -0.477 e. The van der Waals surface area contributed by atoms with Crippen molar-refractivity contribution in [2.24, 2.45) is 5.41 Å². The molecule has 7 heteroatoms. The molecule has 0 amide bonds. The molecule has 0 atom stereocenters. The van der Waals surface area contributed by atoms with Crippen LogP contribution in [0, 0.1) is 12.3 Å². The first-order chi connectivity index (χ1) is 8.80. The fourth-order valence-electron chi connectivity index (χ4n) is 2.00.